The first kappa shape index (κ1) is 21.9. The second-order valence-electron chi connectivity index (χ2n) is 6.85. The SMILES string of the molecule is COC(=O)[C@@H](c1ccccc1Cl)N1CCN(C(=O)CCNC(=O)c2ccco2)CC1. The minimum atomic E-state index is -0.617. The molecule has 1 aliphatic rings. The highest BCUT2D eigenvalue weighted by atomic mass is 35.5. The van der Waals surface area contributed by atoms with Gasteiger partial charge in [-0.2, -0.15) is 0 Å². The summed E-state index contributed by atoms with van der Waals surface area (Å²) in [5.74, 6) is -0.576. The van der Waals surface area contributed by atoms with E-state index in [1.165, 1.54) is 13.4 Å². The largest absolute Gasteiger partial charge is 0.468 e. The number of furan rings is 1. The van der Waals surface area contributed by atoms with Gasteiger partial charge in [0.05, 0.1) is 13.4 Å². The molecule has 1 atom stereocenters. The summed E-state index contributed by atoms with van der Waals surface area (Å²) in [5.41, 5.74) is 0.687. The van der Waals surface area contributed by atoms with Crippen LogP contribution in [0.1, 0.15) is 28.6 Å². The molecule has 1 aromatic carbocycles. The van der Waals surface area contributed by atoms with Crippen LogP contribution in [0, 0.1) is 0 Å². The normalized spacial score (nSPS) is 15.5. The summed E-state index contributed by atoms with van der Waals surface area (Å²) < 4.78 is 10.0. The van der Waals surface area contributed by atoms with Crippen LogP contribution in [0.25, 0.3) is 0 Å². The van der Waals surface area contributed by atoms with E-state index in [4.69, 9.17) is 20.8 Å². The molecule has 1 aliphatic heterocycles. The van der Waals surface area contributed by atoms with Crippen molar-refractivity contribution in [2.24, 2.45) is 0 Å². The number of carbonyl (C=O) groups is 3. The highest BCUT2D eigenvalue weighted by Gasteiger charge is 2.33. The molecule has 0 radical (unpaired) electrons. The molecule has 0 bridgehead atoms. The molecule has 0 aliphatic carbocycles. The van der Waals surface area contributed by atoms with Gasteiger partial charge in [0.2, 0.25) is 5.91 Å². The van der Waals surface area contributed by atoms with Crippen LogP contribution in [0.3, 0.4) is 0 Å². The van der Waals surface area contributed by atoms with Crippen LogP contribution < -0.4 is 5.32 Å². The molecule has 2 heterocycles. The molecule has 1 aromatic heterocycles. The zero-order valence-electron chi connectivity index (χ0n) is 16.7. The predicted octanol–water partition coefficient (Wildman–Crippen LogP) is 2.11. The Bertz CT molecular complexity index is 879. The molecule has 3 rings (SSSR count). The Morgan fingerprint density at radius 2 is 1.87 bits per heavy atom. The Labute approximate surface area is 179 Å². The number of amides is 2. The zero-order valence-corrected chi connectivity index (χ0v) is 17.4. The Morgan fingerprint density at radius 1 is 1.13 bits per heavy atom. The summed E-state index contributed by atoms with van der Waals surface area (Å²) >= 11 is 6.30. The van der Waals surface area contributed by atoms with Crippen molar-refractivity contribution in [3.8, 4) is 0 Å². The minimum absolute atomic E-state index is 0.0539. The highest BCUT2D eigenvalue weighted by Crippen LogP contribution is 2.29. The molecular weight excluding hydrogens is 410 g/mol. The lowest BCUT2D eigenvalue weighted by atomic mass is 10.0. The number of halogens is 1. The molecule has 2 aromatic rings. The number of carbonyl (C=O) groups excluding carboxylic acids is 3. The van der Waals surface area contributed by atoms with Gasteiger partial charge in [-0.1, -0.05) is 29.8 Å². The number of rotatable bonds is 7. The molecule has 0 spiro atoms. The molecule has 0 saturated carbocycles. The lowest BCUT2D eigenvalue weighted by Crippen LogP contribution is -2.51. The van der Waals surface area contributed by atoms with Crippen LogP contribution in [0.5, 0.6) is 0 Å². The van der Waals surface area contributed by atoms with Crippen LogP contribution >= 0.6 is 11.6 Å². The van der Waals surface area contributed by atoms with Crippen molar-refractivity contribution in [3.05, 3.63) is 59.0 Å². The summed E-state index contributed by atoms with van der Waals surface area (Å²) in [4.78, 5) is 40.5. The quantitative estimate of drug-likeness (QED) is 0.672. The van der Waals surface area contributed by atoms with Gasteiger partial charge in [-0.15, -0.1) is 0 Å². The number of esters is 1. The number of ether oxygens (including phenoxy) is 1. The van der Waals surface area contributed by atoms with E-state index in [2.05, 4.69) is 5.32 Å². The van der Waals surface area contributed by atoms with Crippen LogP contribution in [-0.4, -0.2) is 67.4 Å². The maximum Gasteiger partial charge on any atom is 0.327 e. The molecule has 1 fully saturated rings. The van der Waals surface area contributed by atoms with E-state index in [0.29, 0.717) is 36.8 Å². The maximum absolute atomic E-state index is 12.5. The Hall–Kier alpha value is -2.84. The van der Waals surface area contributed by atoms with E-state index >= 15 is 0 Å². The summed E-state index contributed by atoms with van der Waals surface area (Å²) in [5, 5.41) is 3.16. The fraction of sp³-hybridized carbons (Fsp3) is 0.381. The lowest BCUT2D eigenvalue weighted by Gasteiger charge is -2.38. The second-order valence-corrected chi connectivity index (χ2v) is 7.25. The van der Waals surface area contributed by atoms with Crippen LogP contribution in [0.2, 0.25) is 5.02 Å². The predicted molar refractivity (Wildman–Crippen MR) is 110 cm³/mol. The third-order valence-corrected chi connectivity index (χ3v) is 5.37. The van der Waals surface area contributed by atoms with Gasteiger partial charge >= 0.3 is 5.97 Å². The second kappa shape index (κ2) is 10.3. The van der Waals surface area contributed by atoms with Gasteiger partial charge in [-0.05, 0) is 23.8 Å². The summed E-state index contributed by atoms with van der Waals surface area (Å²) in [7, 11) is 1.35. The highest BCUT2D eigenvalue weighted by molar-refractivity contribution is 6.31. The van der Waals surface area contributed by atoms with Gasteiger partial charge in [0, 0.05) is 44.2 Å². The summed E-state index contributed by atoms with van der Waals surface area (Å²) in [6.45, 7) is 2.19. The summed E-state index contributed by atoms with van der Waals surface area (Å²) in [6, 6.07) is 9.76. The smallest absolute Gasteiger partial charge is 0.327 e. The number of hydrogen-bond donors (Lipinski definition) is 1. The van der Waals surface area contributed by atoms with E-state index in [1.54, 1.807) is 29.2 Å². The van der Waals surface area contributed by atoms with Crippen LogP contribution in [0.15, 0.2) is 47.1 Å². The van der Waals surface area contributed by atoms with Gasteiger partial charge < -0.3 is 19.4 Å². The van der Waals surface area contributed by atoms with Crippen molar-refractivity contribution in [3.63, 3.8) is 0 Å². The maximum atomic E-state index is 12.5. The number of nitrogens with one attached hydrogen (secondary N) is 1. The lowest BCUT2D eigenvalue weighted by molar-refractivity contribution is -0.148. The van der Waals surface area contributed by atoms with Crippen molar-refractivity contribution in [2.75, 3.05) is 39.8 Å². The Morgan fingerprint density at radius 3 is 2.50 bits per heavy atom. The van der Waals surface area contributed by atoms with Crippen molar-refractivity contribution >= 4 is 29.4 Å². The standard InChI is InChI=1S/C21H24ClN3O5/c1-29-21(28)19(15-5-2-3-6-16(15)22)25-12-10-24(11-13-25)18(26)8-9-23-20(27)17-7-4-14-30-17/h2-7,14,19H,8-13H2,1H3,(H,23,27)/t19-/m1/s1. The molecule has 0 unspecified atom stereocenters. The van der Waals surface area contributed by atoms with Gasteiger partial charge in [0.25, 0.3) is 5.91 Å². The first-order valence-corrected chi connectivity index (χ1v) is 10.0. The van der Waals surface area contributed by atoms with Crippen molar-refractivity contribution in [2.45, 2.75) is 12.5 Å². The third kappa shape index (κ3) is 5.20. The molecule has 160 valence electrons. The topological polar surface area (TPSA) is 92.1 Å². The Kier molecular flexibility index (Phi) is 7.48. The van der Waals surface area contributed by atoms with Gasteiger partial charge in [-0.25, -0.2) is 4.79 Å². The fourth-order valence-corrected chi connectivity index (χ4v) is 3.69. The molecule has 2 amide bonds. The molecule has 1 N–H and O–H groups in total. The number of nitrogens with zero attached hydrogens (tertiary/aromatic N) is 2. The number of hydrogen-bond acceptors (Lipinski definition) is 6. The van der Waals surface area contributed by atoms with Crippen molar-refractivity contribution in [1.82, 2.24) is 15.1 Å². The van der Waals surface area contributed by atoms with E-state index < -0.39 is 6.04 Å². The number of benzene rings is 1. The zero-order chi connectivity index (χ0) is 21.5. The number of methoxy groups -OCH3 is 1. The fourth-order valence-electron chi connectivity index (χ4n) is 3.45. The van der Waals surface area contributed by atoms with E-state index in [-0.39, 0.29) is 36.5 Å². The van der Waals surface area contributed by atoms with Gasteiger partial charge in [-0.3, -0.25) is 14.5 Å². The first-order chi connectivity index (χ1) is 14.5. The molecule has 8 nitrogen and oxygen atoms in total. The first-order valence-electron chi connectivity index (χ1n) is 9.67. The average molecular weight is 434 g/mol. The van der Waals surface area contributed by atoms with E-state index in [1.807, 2.05) is 17.0 Å². The van der Waals surface area contributed by atoms with Crippen LogP contribution in [-0.2, 0) is 14.3 Å². The molecule has 9 heteroatoms. The van der Waals surface area contributed by atoms with Crippen molar-refractivity contribution < 1.29 is 23.5 Å². The average Bonchev–Trinajstić information content (AvgIpc) is 3.30. The molecular formula is C21H24ClN3O5. The van der Waals surface area contributed by atoms with E-state index in [9.17, 15) is 14.4 Å². The van der Waals surface area contributed by atoms with Crippen molar-refractivity contribution in [1.29, 1.82) is 0 Å². The van der Waals surface area contributed by atoms with Gasteiger partial charge in [0.1, 0.15) is 6.04 Å². The third-order valence-electron chi connectivity index (χ3n) is 5.03. The van der Waals surface area contributed by atoms with E-state index in [0.717, 1.165) is 0 Å². The molecule has 1 saturated heterocycles. The Balaban J connectivity index is 1.52. The molecule has 30 heavy (non-hydrogen) atoms. The summed E-state index contributed by atoms with van der Waals surface area (Å²) in [6.07, 6.45) is 1.61. The monoisotopic (exact) mass is 433 g/mol. The van der Waals surface area contributed by atoms with Gasteiger partial charge in [0.15, 0.2) is 5.76 Å². The number of piperazine rings is 1. The minimum Gasteiger partial charge on any atom is -0.468 e. The van der Waals surface area contributed by atoms with Crippen LogP contribution in [0.4, 0.5) is 0 Å².